The summed E-state index contributed by atoms with van der Waals surface area (Å²) in [5.74, 6) is 1.55. The molecule has 0 radical (unpaired) electrons. The summed E-state index contributed by atoms with van der Waals surface area (Å²) in [4.78, 5) is 0. The Kier molecular flexibility index (Phi) is 5.01. The largest absolute Gasteiger partial charge is 0.457 e. The third-order valence-corrected chi connectivity index (χ3v) is 2.81. The van der Waals surface area contributed by atoms with Crippen LogP contribution in [0.4, 0.5) is 0 Å². The van der Waals surface area contributed by atoms with Crippen LogP contribution in [-0.2, 0) is 0 Å². The zero-order valence-electron chi connectivity index (χ0n) is 10.8. The van der Waals surface area contributed by atoms with E-state index in [1.54, 1.807) is 6.07 Å². The molecule has 0 spiro atoms. The van der Waals surface area contributed by atoms with Crippen molar-refractivity contribution in [3.05, 3.63) is 71.3 Å². The maximum absolute atomic E-state index is 5.97. The molecular weight excluding hydrogens is 258 g/mol. The van der Waals surface area contributed by atoms with Crippen LogP contribution in [0.25, 0.3) is 5.76 Å². The molecule has 3 heteroatoms. The molecule has 2 nitrogen and oxygen atoms in total. The predicted molar refractivity (Wildman–Crippen MR) is 80.4 cm³/mol. The molecule has 0 saturated carbocycles. The first-order valence-electron chi connectivity index (χ1n) is 6.13. The molecule has 0 amide bonds. The summed E-state index contributed by atoms with van der Waals surface area (Å²) in [6.07, 6.45) is 2.01. The highest BCUT2D eigenvalue weighted by Gasteiger charge is 2.04. The third kappa shape index (κ3) is 4.12. The van der Waals surface area contributed by atoms with E-state index in [1.807, 2.05) is 61.7 Å². The number of ether oxygens (including phenoxy) is 1. The molecule has 0 bridgehead atoms. The van der Waals surface area contributed by atoms with Gasteiger partial charge in [0.2, 0.25) is 0 Å². The Labute approximate surface area is 118 Å². The smallest absolute Gasteiger partial charge is 0.131 e. The highest BCUT2D eigenvalue weighted by molar-refractivity contribution is 6.30. The molecular formula is C16H16ClNO. The van der Waals surface area contributed by atoms with Crippen LogP contribution >= 0.6 is 11.6 Å². The molecule has 0 aliphatic rings. The van der Waals surface area contributed by atoms with Crippen LogP contribution in [0.15, 0.2) is 60.7 Å². The summed E-state index contributed by atoms with van der Waals surface area (Å²) in [5, 5.41) is 3.75. The molecule has 0 fully saturated rings. The summed E-state index contributed by atoms with van der Waals surface area (Å²) in [6, 6.07) is 17.4. The molecule has 0 heterocycles. The minimum absolute atomic E-state index is 0.665. The quantitative estimate of drug-likeness (QED) is 0.832. The summed E-state index contributed by atoms with van der Waals surface area (Å²) in [7, 11) is 1.90. The van der Waals surface area contributed by atoms with Crippen LogP contribution in [0.5, 0.6) is 5.75 Å². The summed E-state index contributed by atoms with van der Waals surface area (Å²) < 4.78 is 5.92. The van der Waals surface area contributed by atoms with Gasteiger partial charge in [-0.1, -0.05) is 48.0 Å². The van der Waals surface area contributed by atoms with E-state index in [4.69, 9.17) is 16.3 Å². The van der Waals surface area contributed by atoms with Crippen molar-refractivity contribution in [2.24, 2.45) is 0 Å². The molecule has 1 N–H and O–H groups in total. The fourth-order valence-corrected chi connectivity index (χ4v) is 1.85. The lowest BCUT2D eigenvalue weighted by Crippen LogP contribution is -2.07. The van der Waals surface area contributed by atoms with E-state index in [0.717, 1.165) is 23.6 Å². The summed E-state index contributed by atoms with van der Waals surface area (Å²) in [5.41, 5.74) is 1.04. The van der Waals surface area contributed by atoms with Gasteiger partial charge in [0, 0.05) is 17.1 Å². The Morgan fingerprint density at radius 3 is 2.63 bits per heavy atom. The lowest BCUT2D eigenvalue weighted by atomic mass is 10.2. The van der Waals surface area contributed by atoms with Crippen molar-refractivity contribution in [2.45, 2.75) is 0 Å². The van der Waals surface area contributed by atoms with Gasteiger partial charge in [-0.3, -0.25) is 0 Å². The number of hydrogen-bond donors (Lipinski definition) is 1. The molecule has 0 aromatic heterocycles. The average molecular weight is 274 g/mol. The molecule has 98 valence electrons. The zero-order chi connectivity index (χ0) is 13.5. The highest BCUT2D eigenvalue weighted by Crippen LogP contribution is 2.23. The van der Waals surface area contributed by atoms with E-state index in [0.29, 0.717) is 5.02 Å². The molecule has 0 unspecified atom stereocenters. The topological polar surface area (TPSA) is 21.3 Å². The predicted octanol–water partition coefficient (Wildman–Crippen LogP) is 3.98. The van der Waals surface area contributed by atoms with Gasteiger partial charge in [0.05, 0.1) is 0 Å². The number of hydrogen-bond acceptors (Lipinski definition) is 2. The third-order valence-electron chi connectivity index (χ3n) is 2.57. The van der Waals surface area contributed by atoms with Crippen LogP contribution in [0.3, 0.4) is 0 Å². The van der Waals surface area contributed by atoms with Crippen molar-refractivity contribution in [1.82, 2.24) is 5.32 Å². The van der Waals surface area contributed by atoms with Gasteiger partial charge in [0.25, 0.3) is 0 Å². The summed E-state index contributed by atoms with van der Waals surface area (Å²) in [6.45, 7) is 0.741. The van der Waals surface area contributed by atoms with Crippen molar-refractivity contribution in [3.8, 4) is 5.75 Å². The van der Waals surface area contributed by atoms with Crippen molar-refractivity contribution in [3.63, 3.8) is 0 Å². The van der Waals surface area contributed by atoms with Crippen LogP contribution in [0.2, 0.25) is 5.02 Å². The molecule has 2 aromatic carbocycles. The molecule has 0 saturated heterocycles. The van der Waals surface area contributed by atoms with Crippen LogP contribution in [-0.4, -0.2) is 13.6 Å². The molecule has 19 heavy (non-hydrogen) atoms. The Morgan fingerprint density at radius 1 is 1.16 bits per heavy atom. The van der Waals surface area contributed by atoms with Crippen molar-refractivity contribution < 1.29 is 4.74 Å². The Morgan fingerprint density at radius 2 is 1.95 bits per heavy atom. The molecule has 2 rings (SSSR count). The first-order valence-corrected chi connectivity index (χ1v) is 6.51. The van der Waals surface area contributed by atoms with Gasteiger partial charge in [-0.2, -0.15) is 0 Å². The number of benzene rings is 2. The first-order chi connectivity index (χ1) is 9.29. The van der Waals surface area contributed by atoms with E-state index >= 15 is 0 Å². The normalized spacial score (nSPS) is 11.4. The van der Waals surface area contributed by atoms with Crippen LogP contribution in [0, 0.1) is 0 Å². The maximum Gasteiger partial charge on any atom is 0.131 e. The summed E-state index contributed by atoms with van der Waals surface area (Å²) >= 11 is 5.97. The van der Waals surface area contributed by atoms with Gasteiger partial charge in [-0.05, 0) is 31.3 Å². The van der Waals surface area contributed by atoms with E-state index in [9.17, 15) is 0 Å². The number of nitrogens with one attached hydrogen (secondary N) is 1. The fraction of sp³-hybridized carbons (Fsp3) is 0.125. The molecule has 0 aliphatic carbocycles. The van der Waals surface area contributed by atoms with E-state index in [2.05, 4.69) is 5.32 Å². The van der Waals surface area contributed by atoms with E-state index in [1.165, 1.54) is 0 Å². The van der Waals surface area contributed by atoms with Gasteiger partial charge < -0.3 is 10.1 Å². The minimum Gasteiger partial charge on any atom is -0.457 e. The fourth-order valence-electron chi connectivity index (χ4n) is 1.67. The lowest BCUT2D eigenvalue weighted by Gasteiger charge is -2.11. The van der Waals surface area contributed by atoms with Gasteiger partial charge in [-0.25, -0.2) is 0 Å². The number of rotatable bonds is 5. The van der Waals surface area contributed by atoms with Crippen molar-refractivity contribution in [2.75, 3.05) is 13.6 Å². The Hall–Kier alpha value is -1.77. The first kappa shape index (κ1) is 13.7. The second-order valence-electron chi connectivity index (χ2n) is 4.05. The second-order valence-corrected chi connectivity index (χ2v) is 4.49. The zero-order valence-corrected chi connectivity index (χ0v) is 11.5. The molecule has 0 aliphatic heterocycles. The van der Waals surface area contributed by atoms with Crippen molar-refractivity contribution >= 4 is 17.4 Å². The van der Waals surface area contributed by atoms with E-state index < -0.39 is 0 Å². The van der Waals surface area contributed by atoms with Gasteiger partial charge >= 0.3 is 0 Å². The Balaban J connectivity index is 2.24. The van der Waals surface area contributed by atoms with Crippen LogP contribution < -0.4 is 10.1 Å². The molecule has 2 aromatic rings. The minimum atomic E-state index is 0.665. The Bertz CT molecular complexity index is 552. The van der Waals surface area contributed by atoms with Crippen molar-refractivity contribution in [1.29, 1.82) is 0 Å². The van der Waals surface area contributed by atoms with Crippen LogP contribution in [0.1, 0.15) is 5.56 Å². The number of likely N-dealkylation sites (N-methyl/N-ethyl adjacent to an activating group) is 1. The lowest BCUT2D eigenvalue weighted by molar-refractivity contribution is 0.513. The van der Waals surface area contributed by atoms with Gasteiger partial charge in [0.1, 0.15) is 11.5 Å². The van der Waals surface area contributed by atoms with Gasteiger partial charge in [0.15, 0.2) is 0 Å². The van der Waals surface area contributed by atoms with E-state index in [-0.39, 0.29) is 0 Å². The van der Waals surface area contributed by atoms with Gasteiger partial charge in [-0.15, -0.1) is 0 Å². The highest BCUT2D eigenvalue weighted by atomic mass is 35.5. The average Bonchev–Trinajstić information content (AvgIpc) is 2.44. The maximum atomic E-state index is 5.97. The second kappa shape index (κ2) is 6.98. The standard InChI is InChI=1S/C16H16ClNO/c1-18-11-10-16(13-6-3-2-4-7-13)19-15-9-5-8-14(17)12-15/h2-10,12,18H,11H2,1H3. The molecule has 0 atom stereocenters. The monoisotopic (exact) mass is 273 g/mol. The number of halogens is 1. The SMILES string of the molecule is CNCC=C(Oc1cccc(Cl)c1)c1ccccc1.